The Bertz CT molecular complexity index is 1070. The molecule has 3 rings (SSSR count). The summed E-state index contributed by atoms with van der Waals surface area (Å²) in [5.74, 6) is -1.37. The van der Waals surface area contributed by atoms with Crippen LogP contribution in [0.5, 0.6) is 0 Å². The van der Waals surface area contributed by atoms with Crippen molar-refractivity contribution in [3.63, 3.8) is 0 Å². The van der Waals surface area contributed by atoms with Gasteiger partial charge in [-0.3, -0.25) is 14.3 Å². The van der Waals surface area contributed by atoms with Crippen molar-refractivity contribution in [2.75, 3.05) is 0 Å². The number of Topliss-reactive ketones (excluding diaryl/α,β-unsaturated/α-hetero) is 1. The lowest BCUT2D eigenvalue weighted by atomic mass is 10.0. The second-order valence-corrected chi connectivity index (χ2v) is 7.78. The van der Waals surface area contributed by atoms with E-state index < -0.39 is 11.8 Å². The van der Waals surface area contributed by atoms with Gasteiger partial charge in [0.25, 0.3) is 0 Å². The molecule has 0 aliphatic heterocycles. The molecule has 0 unspecified atom stereocenters. The molecule has 7 heteroatoms. The molecule has 1 N–H and O–H groups in total. The van der Waals surface area contributed by atoms with Crippen molar-refractivity contribution >= 4 is 27.7 Å². The molecule has 5 nitrogen and oxygen atoms in total. The number of carboxylic acids is 1. The Balaban J connectivity index is 1.71. The quantitative estimate of drug-likeness (QED) is 0.528. The number of ketones is 1. The molecule has 0 aliphatic carbocycles. The van der Waals surface area contributed by atoms with Crippen LogP contribution in [0.15, 0.2) is 46.9 Å². The van der Waals surface area contributed by atoms with E-state index in [1.807, 2.05) is 19.1 Å². The van der Waals surface area contributed by atoms with Crippen LogP contribution in [-0.4, -0.2) is 26.6 Å². The van der Waals surface area contributed by atoms with Crippen molar-refractivity contribution in [2.24, 2.45) is 0 Å². The van der Waals surface area contributed by atoms with E-state index in [4.69, 9.17) is 5.11 Å². The van der Waals surface area contributed by atoms with E-state index in [2.05, 4.69) is 21.0 Å². The highest BCUT2D eigenvalue weighted by Crippen LogP contribution is 2.19. The van der Waals surface area contributed by atoms with Gasteiger partial charge >= 0.3 is 5.97 Å². The molecule has 0 atom stereocenters. The third-order valence-electron chi connectivity index (χ3n) is 4.82. The van der Waals surface area contributed by atoms with Crippen molar-refractivity contribution < 1.29 is 19.1 Å². The molecular weight excluding hydrogens is 439 g/mol. The maximum absolute atomic E-state index is 13.6. The molecule has 0 aliphatic rings. The third-order valence-corrected chi connectivity index (χ3v) is 5.46. The minimum atomic E-state index is -0.885. The Morgan fingerprint density at radius 1 is 1.07 bits per heavy atom. The Morgan fingerprint density at radius 3 is 2.34 bits per heavy atom. The van der Waals surface area contributed by atoms with Gasteiger partial charge in [-0.25, -0.2) is 4.39 Å². The van der Waals surface area contributed by atoms with E-state index in [9.17, 15) is 14.0 Å². The smallest absolute Gasteiger partial charge is 0.307 e. The lowest BCUT2D eigenvalue weighted by Crippen LogP contribution is -2.07. The molecular formula is C22H20BrFN2O3. The van der Waals surface area contributed by atoms with Crippen LogP contribution in [0, 0.1) is 19.7 Å². The number of carbonyl (C=O) groups is 2. The van der Waals surface area contributed by atoms with Crippen molar-refractivity contribution in [3.8, 4) is 0 Å². The van der Waals surface area contributed by atoms with E-state index in [0.717, 1.165) is 16.8 Å². The molecule has 0 fully saturated rings. The molecule has 29 heavy (non-hydrogen) atoms. The van der Waals surface area contributed by atoms with E-state index >= 15 is 0 Å². The summed E-state index contributed by atoms with van der Waals surface area (Å²) in [6.45, 7) is 4.14. The lowest BCUT2D eigenvalue weighted by Gasteiger charge is -2.07. The molecule has 0 saturated carbocycles. The van der Waals surface area contributed by atoms with Gasteiger partial charge in [-0.2, -0.15) is 5.10 Å². The van der Waals surface area contributed by atoms with Gasteiger partial charge in [0.05, 0.1) is 23.1 Å². The number of aromatic nitrogens is 2. The summed E-state index contributed by atoms with van der Waals surface area (Å²) in [6, 6.07) is 11.9. The van der Waals surface area contributed by atoms with E-state index in [-0.39, 0.29) is 18.6 Å². The Morgan fingerprint density at radius 2 is 1.72 bits per heavy atom. The van der Waals surface area contributed by atoms with Crippen molar-refractivity contribution in [2.45, 2.75) is 33.2 Å². The van der Waals surface area contributed by atoms with Gasteiger partial charge in [0.2, 0.25) is 0 Å². The first-order chi connectivity index (χ1) is 13.7. The fraction of sp³-hybridized carbons (Fsp3) is 0.227. The molecule has 0 amide bonds. The molecule has 0 bridgehead atoms. The number of hydrogen-bond donors (Lipinski definition) is 1. The zero-order valence-corrected chi connectivity index (χ0v) is 17.7. The number of hydrogen-bond acceptors (Lipinski definition) is 3. The highest BCUT2D eigenvalue weighted by atomic mass is 79.9. The number of halogens is 2. The lowest BCUT2D eigenvalue weighted by molar-refractivity contribution is -0.136. The summed E-state index contributed by atoms with van der Waals surface area (Å²) >= 11 is 3.10. The number of aliphatic carboxylic acids is 1. The predicted octanol–water partition coefficient (Wildman–Crippen LogP) is 4.50. The number of nitrogens with zero attached hydrogens (tertiary/aromatic N) is 2. The highest BCUT2D eigenvalue weighted by Gasteiger charge is 2.15. The predicted molar refractivity (Wildman–Crippen MR) is 111 cm³/mol. The van der Waals surface area contributed by atoms with E-state index in [1.54, 1.807) is 35.9 Å². The summed E-state index contributed by atoms with van der Waals surface area (Å²) in [6.07, 6.45) is 0.0707. The van der Waals surface area contributed by atoms with Crippen LogP contribution in [-0.2, 0) is 24.2 Å². The number of benzene rings is 2. The fourth-order valence-electron chi connectivity index (χ4n) is 3.20. The molecule has 1 heterocycles. The number of carbonyl (C=O) groups excluding carboxylic acids is 1. The maximum atomic E-state index is 13.6. The molecule has 3 aromatic rings. The molecule has 2 aromatic carbocycles. The van der Waals surface area contributed by atoms with Gasteiger partial charge in [-0.1, -0.05) is 30.3 Å². The summed E-state index contributed by atoms with van der Waals surface area (Å²) in [5, 5.41) is 13.5. The van der Waals surface area contributed by atoms with Gasteiger partial charge in [-0.15, -0.1) is 0 Å². The van der Waals surface area contributed by atoms with Crippen molar-refractivity contribution in [1.82, 2.24) is 9.78 Å². The largest absolute Gasteiger partial charge is 0.481 e. The van der Waals surface area contributed by atoms with Gasteiger partial charge in [-0.05, 0) is 53.0 Å². The van der Waals surface area contributed by atoms with Gasteiger partial charge in [0.1, 0.15) is 5.82 Å². The molecule has 0 radical (unpaired) electrons. The van der Waals surface area contributed by atoms with Gasteiger partial charge < -0.3 is 5.11 Å². The fourth-order valence-corrected chi connectivity index (χ4v) is 3.45. The summed E-state index contributed by atoms with van der Waals surface area (Å²) in [4.78, 5) is 23.5. The van der Waals surface area contributed by atoms with Crippen LogP contribution in [0.3, 0.4) is 0 Å². The first kappa shape index (κ1) is 20.9. The average Bonchev–Trinajstić information content (AvgIpc) is 2.92. The number of aryl methyl sites for hydroxylation is 1. The zero-order chi connectivity index (χ0) is 21.1. The normalized spacial score (nSPS) is 10.9. The summed E-state index contributed by atoms with van der Waals surface area (Å²) in [7, 11) is 0. The van der Waals surface area contributed by atoms with E-state index in [1.165, 1.54) is 6.07 Å². The van der Waals surface area contributed by atoms with Crippen LogP contribution >= 0.6 is 15.9 Å². The second kappa shape index (κ2) is 8.69. The van der Waals surface area contributed by atoms with Gasteiger partial charge in [0.15, 0.2) is 5.78 Å². The monoisotopic (exact) mass is 458 g/mol. The first-order valence-corrected chi connectivity index (χ1v) is 9.84. The molecule has 0 saturated heterocycles. The highest BCUT2D eigenvalue weighted by molar-refractivity contribution is 9.10. The van der Waals surface area contributed by atoms with Crippen molar-refractivity contribution in [1.29, 1.82) is 0 Å². The third kappa shape index (κ3) is 4.98. The van der Waals surface area contributed by atoms with Gasteiger partial charge in [0, 0.05) is 23.2 Å². The standard InChI is InChI=1S/C22H20BrFN2O3/c1-13-18(11-22(28)29)14(2)26(25-13)12-15-3-6-17(7-4-15)21(27)10-16-5-8-19(23)20(24)9-16/h3-9H,10-12H2,1-2H3,(H,28,29). The maximum Gasteiger partial charge on any atom is 0.307 e. The summed E-state index contributed by atoms with van der Waals surface area (Å²) in [5.41, 5.74) is 4.38. The van der Waals surface area contributed by atoms with Crippen molar-refractivity contribution in [3.05, 3.63) is 86.4 Å². The molecule has 0 spiro atoms. The Labute approximate surface area is 176 Å². The SMILES string of the molecule is Cc1nn(Cc2ccc(C(=O)Cc3ccc(Br)c(F)c3)cc2)c(C)c1CC(=O)O. The summed E-state index contributed by atoms with van der Waals surface area (Å²) < 4.78 is 15.8. The number of carboxylic acid groups (broad SMARTS) is 1. The minimum Gasteiger partial charge on any atom is -0.481 e. The average molecular weight is 459 g/mol. The zero-order valence-electron chi connectivity index (χ0n) is 16.1. The van der Waals surface area contributed by atoms with Crippen LogP contribution in [0.2, 0.25) is 0 Å². The first-order valence-electron chi connectivity index (χ1n) is 9.05. The Hall–Kier alpha value is -2.80. The second-order valence-electron chi connectivity index (χ2n) is 6.92. The molecule has 150 valence electrons. The molecule has 1 aromatic heterocycles. The van der Waals surface area contributed by atoms with Crippen LogP contribution in [0.25, 0.3) is 0 Å². The van der Waals surface area contributed by atoms with Crippen LogP contribution in [0.4, 0.5) is 4.39 Å². The van der Waals surface area contributed by atoms with Crippen LogP contribution in [0.1, 0.15) is 38.4 Å². The topological polar surface area (TPSA) is 72.2 Å². The van der Waals surface area contributed by atoms with Crippen LogP contribution < -0.4 is 0 Å². The number of rotatable bonds is 7. The van der Waals surface area contributed by atoms with E-state index in [0.29, 0.717) is 27.8 Å². The minimum absolute atomic E-state index is 0.0538. The Kier molecular flexibility index (Phi) is 6.27.